The summed E-state index contributed by atoms with van der Waals surface area (Å²) in [6.45, 7) is 0. The number of H-pyrrole nitrogens is 1. The van der Waals surface area contributed by atoms with E-state index in [1.54, 1.807) is 0 Å². The van der Waals surface area contributed by atoms with E-state index in [1.807, 2.05) is 36.4 Å². The number of nitrogens with zero attached hydrogens (tertiary/aromatic N) is 2. The Balaban J connectivity index is 1.30. The van der Waals surface area contributed by atoms with E-state index in [0.29, 0.717) is 0 Å². The van der Waals surface area contributed by atoms with Crippen LogP contribution in [0.4, 0.5) is 0 Å². The Morgan fingerprint density at radius 1 is 0.378 bits per heavy atom. The van der Waals surface area contributed by atoms with Crippen LogP contribution in [0.2, 0.25) is 0 Å². The maximum absolute atomic E-state index is 4.95. The number of aromatic nitrogens is 3. The summed E-state index contributed by atoms with van der Waals surface area (Å²) >= 11 is 0. The molecule has 0 atom stereocenters. The number of benzene rings is 5. The van der Waals surface area contributed by atoms with Crippen molar-refractivity contribution >= 4 is 21.8 Å². The number of hydrogen-bond acceptors (Lipinski definition) is 2. The minimum absolute atomic E-state index is 0.721. The third kappa shape index (κ3) is 3.97. The van der Waals surface area contributed by atoms with Crippen LogP contribution in [0, 0.1) is 0 Å². The molecule has 5 aromatic carbocycles. The Bertz CT molecular complexity index is 1790. The van der Waals surface area contributed by atoms with E-state index in [-0.39, 0.29) is 0 Å². The van der Waals surface area contributed by atoms with Crippen molar-refractivity contribution in [3.63, 3.8) is 0 Å². The normalized spacial score (nSPS) is 11.2. The van der Waals surface area contributed by atoms with Gasteiger partial charge < -0.3 is 4.98 Å². The van der Waals surface area contributed by atoms with Crippen molar-refractivity contribution in [1.29, 1.82) is 0 Å². The summed E-state index contributed by atoms with van der Waals surface area (Å²) in [5.74, 6) is 0.721. The minimum Gasteiger partial charge on any atom is -0.355 e. The van der Waals surface area contributed by atoms with Gasteiger partial charge in [0.15, 0.2) is 5.82 Å². The lowest BCUT2D eigenvalue weighted by Crippen LogP contribution is -1.95. The highest BCUT2D eigenvalue weighted by molar-refractivity contribution is 6.08. The van der Waals surface area contributed by atoms with Gasteiger partial charge in [0.25, 0.3) is 0 Å². The molecule has 2 aromatic heterocycles. The van der Waals surface area contributed by atoms with Crippen molar-refractivity contribution in [1.82, 2.24) is 15.0 Å². The largest absolute Gasteiger partial charge is 0.355 e. The molecule has 1 N–H and O–H groups in total. The van der Waals surface area contributed by atoms with Gasteiger partial charge in [0.1, 0.15) is 0 Å². The first kappa shape index (κ1) is 21.3. The molecule has 174 valence electrons. The zero-order chi connectivity index (χ0) is 24.6. The smallest absolute Gasteiger partial charge is 0.160 e. The number of fused-ring (bicyclic) bond motifs is 3. The van der Waals surface area contributed by atoms with Crippen LogP contribution >= 0.6 is 0 Å². The molecule has 3 nitrogen and oxygen atoms in total. The monoisotopic (exact) mass is 473 g/mol. The second-order valence-electron chi connectivity index (χ2n) is 9.20. The van der Waals surface area contributed by atoms with Crippen LogP contribution in [0.25, 0.3) is 66.8 Å². The van der Waals surface area contributed by atoms with Crippen LogP contribution in [0.3, 0.4) is 0 Å². The summed E-state index contributed by atoms with van der Waals surface area (Å²) in [6.07, 6.45) is 0. The highest BCUT2D eigenvalue weighted by atomic mass is 14.9. The predicted molar refractivity (Wildman–Crippen MR) is 153 cm³/mol. The van der Waals surface area contributed by atoms with Crippen LogP contribution in [0.5, 0.6) is 0 Å². The van der Waals surface area contributed by atoms with Gasteiger partial charge in [0.2, 0.25) is 0 Å². The molecule has 0 fully saturated rings. The standard InChI is InChI=1S/C34H23N3/c1-3-9-24(10-4-1)32-22-33(25-11-5-2-6-12-25)37-34(36-32)26-17-15-23(16-18-26)27-19-20-31-29(21-27)28-13-7-8-14-30(28)35-31/h1-22,35H. The SMILES string of the molecule is c1ccc(-c2cc(-c3ccccc3)nc(-c3ccc(-c4ccc5[nH]c6ccccc6c5c4)cc3)n2)cc1. The second-order valence-corrected chi connectivity index (χ2v) is 9.20. The fourth-order valence-corrected chi connectivity index (χ4v) is 4.93. The fourth-order valence-electron chi connectivity index (χ4n) is 4.93. The molecule has 3 heteroatoms. The summed E-state index contributed by atoms with van der Waals surface area (Å²) in [5, 5.41) is 2.49. The molecular formula is C34H23N3. The number of aromatic amines is 1. The van der Waals surface area contributed by atoms with Crippen molar-refractivity contribution in [2.24, 2.45) is 0 Å². The molecule has 0 saturated carbocycles. The van der Waals surface area contributed by atoms with Gasteiger partial charge in [-0.2, -0.15) is 0 Å². The number of para-hydroxylation sites is 1. The Hall–Kier alpha value is -5.02. The van der Waals surface area contributed by atoms with Crippen LogP contribution in [0.1, 0.15) is 0 Å². The lowest BCUT2D eigenvalue weighted by atomic mass is 10.0. The lowest BCUT2D eigenvalue weighted by molar-refractivity contribution is 1.18. The molecule has 0 aliphatic rings. The molecule has 0 spiro atoms. The van der Waals surface area contributed by atoms with Crippen molar-refractivity contribution in [3.8, 4) is 45.0 Å². The molecule has 0 aliphatic heterocycles. The van der Waals surface area contributed by atoms with Crippen LogP contribution in [0.15, 0.2) is 133 Å². The van der Waals surface area contributed by atoms with Crippen molar-refractivity contribution in [2.75, 3.05) is 0 Å². The van der Waals surface area contributed by atoms with E-state index in [0.717, 1.165) is 44.9 Å². The van der Waals surface area contributed by atoms with Crippen molar-refractivity contribution < 1.29 is 0 Å². The van der Waals surface area contributed by atoms with E-state index in [9.17, 15) is 0 Å². The van der Waals surface area contributed by atoms with Gasteiger partial charge in [-0.3, -0.25) is 0 Å². The summed E-state index contributed by atoms with van der Waals surface area (Å²) < 4.78 is 0. The first-order chi connectivity index (χ1) is 18.3. The molecular weight excluding hydrogens is 450 g/mol. The molecule has 0 saturated heterocycles. The number of nitrogens with one attached hydrogen (secondary N) is 1. The molecule has 37 heavy (non-hydrogen) atoms. The highest BCUT2D eigenvalue weighted by Crippen LogP contribution is 2.32. The second kappa shape index (κ2) is 8.89. The molecule has 0 unspecified atom stereocenters. The molecule has 7 aromatic rings. The van der Waals surface area contributed by atoms with Gasteiger partial charge in [0, 0.05) is 38.5 Å². The zero-order valence-corrected chi connectivity index (χ0v) is 20.1. The van der Waals surface area contributed by atoms with E-state index in [2.05, 4.69) is 102 Å². The molecule has 2 heterocycles. The third-order valence-electron chi connectivity index (χ3n) is 6.85. The molecule has 7 rings (SSSR count). The van der Waals surface area contributed by atoms with Gasteiger partial charge in [-0.15, -0.1) is 0 Å². The maximum Gasteiger partial charge on any atom is 0.160 e. The van der Waals surface area contributed by atoms with Crippen molar-refractivity contribution in [3.05, 3.63) is 133 Å². The predicted octanol–water partition coefficient (Wildman–Crippen LogP) is 8.78. The van der Waals surface area contributed by atoms with Crippen LogP contribution in [-0.4, -0.2) is 15.0 Å². The van der Waals surface area contributed by atoms with Crippen LogP contribution in [-0.2, 0) is 0 Å². The first-order valence-corrected chi connectivity index (χ1v) is 12.4. The van der Waals surface area contributed by atoms with Crippen LogP contribution < -0.4 is 0 Å². The highest BCUT2D eigenvalue weighted by Gasteiger charge is 2.11. The Labute approximate surface area is 215 Å². The maximum atomic E-state index is 4.95. The van der Waals surface area contributed by atoms with Gasteiger partial charge >= 0.3 is 0 Å². The number of rotatable bonds is 4. The van der Waals surface area contributed by atoms with Gasteiger partial charge in [-0.05, 0) is 35.4 Å². The third-order valence-corrected chi connectivity index (χ3v) is 6.85. The number of hydrogen-bond donors (Lipinski definition) is 1. The zero-order valence-electron chi connectivity index (χ0n) is 20.1. The minimum atomic E-state index is 0.721. The van der Waals surface area contributed by atoms with Gasteiger partial charge in [0.05, 0.1) is 11.4 Å². The van der Waals surface area contributed by atoms with E-state index in [4.69, 9.17) is 9.97 Å². The summed E-state index contributed by atoms with van der Waals surface area (Å²) in [4.78, 5) is 13.4. The molecule has 0 amide bonds. The Morgan fingerprint density at radius 2 is 0.919 bits per heavy atom. The molecule has 0 bridgehead atoms. The summed E-state index contributed by atoms with van der Waals surface area (Å²) in [5.41, 5.74) is 9.64. The molecule has 0 aliphatic carbocycles. The quantitative estimate of drug-likeness (QED) is 0.277. The van der Waals surface area contributed by atoms with E-state index >= 15 is 0 Å². The summed E-state index contributed by atoms with van der Waals surface area (Å²) in [6, 6.07) is 46.2. The average Bonchev–Trinajstić information content (AvgIpc) is 3.36. The Kier molecular flexibility index (Phi) is 5.11. The van der Waals surface area contributed by atoms with Gasteiger partial charge in [-0.25, -0.2) is 9.97 Å². The van der Waals surface area contributed by atoms with Crippen molar-refractivity contribution in [2.45, 2.75) is 0 Å². The topological polar surface area (TPSA) is 41.6 Å². The lowest BCUT2D eigenvalue weighted by Gasteiger charge is -2.10. The fraction of sp³-hybridized carbons (Fsp3) is 0. The van der Waals surface area contributed by atoms with E-state index < -0.39 is 0 Å². The van der Waals surface area contributed by atoms with Gasteiger partial charge in [-0.1, -0.05) is 109 Å². The first-order valence-electron chi connectivity index (χ1n) is 12.4. The average molecular weight is 474 g/mol. The van der Waals surface area contributed by atoms with E-state index in [1.165, 1.54) is 21.9 Å². The molecule has 0 radical (unpaired) electrons. The Morgan fingerprint density at radius 3 is 1.59 bits per heavy atom. The summed E-state index contributed by atoms with van der Waals surface area (Å²) in [7, 11) is 0.